The van der Waals surface area contributed by atoms with Crippen LogP contribution in [-0.4, -0.2) is 29.1 Å². The highest BCUT2D eigenvalue weighted by Crippen LogP contribution is 2.39. The second-order valence-electron chi connectivity index (χ2n) is 3.63. The minimum atomic E-state index is -5.89. The fraction of sp³-hybridized carbons (Fsp3) is 0.364. The van der Waals surface area contributed by atoms with Gasteiger partial charge in [0, 0.05) is 12.0 Å². The molecule has 18 heavy (non-hydrogen) atoms. The van der Waals surface area contributed by atoms with E-state index in [1.807, 2.05) is 0 Å². The number of carbonyl (C=O) groups is 1. The lowest BCUT2D eigenvalue weighted by atomic mass is 10.0. The first kappa shape index (κ1) is 14.6. The Hall–Kier alpha value is -1.50. The van der Waals surface area contributed by atoms with Gasteiger partial charge in [0.25, 0.3) is 0 Å². The second kappa shape index (κ2) is 5.01. The third-order valence-electron chi connectivity index (χ3n) is 2.27. The minimum Gasteiger partial charge on any atom is -0.386 e. The molecule has 1 aromatic rings. The largest absolute Gasteiger partial charge is 0.456 e. The average Bonchev–Trinajstić information content (AvgIpc) is 2.28. The minimum absolute atomic E-state index is 0.0328. The van der Waals surface area contributed by atoms with Crippen LogP contribution < -0.4 is 0 Å². The number of rotatable bonds is 4. The number of hydrogen-bond acceptors (Lipinski definition) is 2. The summed E-state index contributed by atoms with van der Waals surface area (Å²) in [4.78, 5) is 11.4. The van der Waals surface area contributed by atoms with Gasteiger partial charge in [-0.05, 0) is 0 Å². The Kier molecular flexibility index (Phi) is 4.05. The standard InChI is InChI=1S/C11H9F5O2/c12-10(13,11(14,15)16)9(18)6-8(17)7-4-2-1-3-5-7/h1-5,9,18H,6H2/t9-/m0/s1. The lowest BCUT2D eigenvalue weighted by Crippen LogP contribution is -2.47. The molecule has 0 aromatic heterocycles. The first-order chi connectivity index (χ1) is 8.16. The van der Waals surface area contributed by atoms with Crippen LogP contribution in [0.3, 0.4) is 0 Å². The zero-order valence-electron chi connectivity index (χ0n) is 8.92. The van der Waals surface area contributed by atoms with E-state index in [2.05, 4.69) is 0 Å². The van der Waals surface area contributed by atoms with Crippen molar-refractivity contribution < 1.29 is 31.9 Å². The van der Waals surface area contributed by atoms with Crippen molar-refractivity contribution in [2.75, 3.05) is 0 Å². The summed E-state index contributed by atoms with van der Waals surface area (Å²) in [5.74, 6) is -6.29. The highest BCUT2D eigenvalue weighted by Gasteiger charge is 2.62. The van der Waals surface area contributed by atoms with Gasteiger partial charge in [-0.15, -0.1) is 0 Å². The zero-order chi connectivity index (χ0) is 14.0. The van der Waals surface area contributed by atoms with E-state index in [1.165, 1.54) is 24.3 Å². The number of benzene rings is 1. The van der Waals surface area contributed by atoms with E-state index in [9.17, 15) is 26.7 Å². The molecule has 0 aliphatic carbocycles. The molecule has 100 valence electrons. The van der Waals surface area contributed by atoms with E-state index in [-0.39, 0.29) is 5.56 Å². The van der Waals surface area contributed by atoms with Crippen molar-refractivity contribution in [3.05, 3.63) is 35.9 Å². The molecule has 1 atom stereocenters. The van der Waals surface area contributed by atoms with Crippen molar-refractivity contribution in [2.45, 2.75) is 24.6 Å². The Bertz CT molecular complexity index is 413. The predicted molar refractivity (Wildman–Crippen MR) is 52.4 cm³/mol. The normalized spacial score (nSPS) is 14.3. The summed E-state index contributed by atoms with van der Waals surface area (Å²) >= 11 is 0. The Morgan fingerprint density at radius 3 is 2.06 bits per heavy atom. The van der Waals surface area contributed by atoms with Gasteiger partial charge in [-0.2, -0.15) is 22.0 Å². The predicted octanol–water partition coefficient (Wildman–Crippen LogP) is 2.82. The van der Waals surface area contributed by atoms with Gasteiger partial charge in [0.05, 0.1) is 0 Å². The molecule has 0 saturated heterocycles. The molecule has 0 fully saturated rings. The van der Waals surface area contributed by atoms with Crippen LogP contribution in [-0.2, 0) is 0 Å². The fourth-order valence-corrected chi connectivity index (χ4v) is 1.23. The van der Waals surface area contributed by atoms with E-state index in [4.69, 9.17) is 5.11 Å². The molecule has 0 amide bonds. The van der Waals surface area contributed by atoms with Crippen molar-refractivity contribution in [1.29, 1.82) is 0 Å². The number of ketones is 1. The number of Topliss-reactive ketones (excluding diaryl/α,β-unsaturated/α-hetero) is 1. The quantitative estimate of drug-likeness (QED) is 0.673. The molecule has 2 nitrogen and oxygen atoms in total. The summed E-state index contributed by atoms with van der Waals surface area (Å²) in [6.45, 7) is 0. The molecule has 0 bridgehead atoms. The van der Waals surface area contributed by atoms with Gasteiger partial charge in [-0.25, -0.2) is 0 Å². The van der Waals surface area contributed by atoms with Crippen LogP contribution in [0.5, 0.6) is 0 Å². The van der Waals surface area contributed by atoms with Crippen LogP contribution in [0.4, 0.5) is 22.0 Å². The van der Waals surface area contributed by atoms with E-state index in [0.717, 1.165) is 0 Å². The average molecular weight is 268 g/mol. The van der Waals surface area contributed by atoms with Gasteiger partial charge in [-0.3, -0.25) is 4.79 Å². The molecule has 1 rings (SSSR count). The fourth-order valence-electron chi connectivity index (χ4n) is 1.23. The zero-order valence-corrected chi connectivity index (χ0v) is 8.92. The summed E-state index contributed by atoms with van der Waals surface area (Å²) in [6, 6.07) is 6.95. The summed E-state index contributed by atoms with van der Waals surface area (Å²) in [5, 5.41) is 8.85. The Labute approximate surface area is 99.0 Å². The van der Waals surface area contributed by atoms with E-state index < -0.39 is 30.4 Å². The number of hydrogen-bond donors (Lipinski definition) is 1. The monoisotopic (exact) mass is 268 g/mol. The molecule has 0 aliphatic rings. The SMILES string of the molecule is O=C(C[C@H](O)C(F)(F)C(F)(F)F)c1ccccc1. The molecule has 0 unspecified atom stereocenters. The number of aliphatic hydroxyl groups is 1. The van der Waals surface area contributed by atoms with Gasteiger partial charge >= 0.3 is 12.1 Å². The second-order valence-corrected chi connectivity index (χ2v) is 3.63. The Morgan fingerprint density at radius 2 is 1.61 bits per heavy atom. The third-order valence-corrected chi connectivity index (χ3v) is 2.27. The number of carbonyl (C=O) groups excluding carboxylic acids is 1. The lowest BCUT2D eigenvalue weighted by molar-refractivity contribution is -0.311. The Morgan fingerprint density at radius 1 is 1.11 bits per heavy atom. The summed E-state index contributed by atoms with van der Waals surface area (Å²) < 4.78 is 61.1. The maximum absolute atomic E-state index is 12.7. The van der Waals surface area contributed by atoms with Gasteiger partial charge in [0.1, 0.15) is 6.10 Å². The first-order valence-electron chi connectivity index (χ1n) is 4.87. The molecule has 0 saturated carbocycles. The van der Waals surface area contributed by atoms with Crippen LogP contribution in [0.2, 0.25) is 0 Å². The summed E-state index contributed by atoms with van der Waals surface area (Å²) in [6.07, 6.45) is -10.3. The van der Waals surface area contributed by atoms with E-state index in [1.54, 1.807) is 6.07 Å². The molecule has 0 aliphatic heterocycles. The van der Waals surface area contributed by atoms with Gasteiger partial charge in [0.15, 0.2) is 5.78 Å². The smallest absolute Gasteiger partial charge is 0.386 e. The highest BCUT2D eigenvalue weighted by molar-refractivity contribution is 5.96. The van der Waals surface area contributed by atoms with Crippen molar-refractivity contribution in [2.24, 2.45) is 0 Å². The summed E-state index contributed by atoms with van der Waals surface area (Å²) in [7, 11) is 0. The molecule has 0 heterocycles. The van der Waals surface area contributed by atoms with Crippen LogP contribution >= 0.6 is 0 Å². The van der Waals surface area contributed by atoms with Crippen LogP contribution in [0.15, 0.2) is 30.3 Å². The molecule has 7 heteroatoms. The molecule has 1 N–H and O–H groups in total. The first-order valence-corrected chi connectivity index (χ1v) is 4.87. The van der Waals surface area contributed by atoms with E-state index in [0.29, 0.717) is 0 Å². The Balaban J connectivity index is 2.77. The van der Waals surface area contributed by atoms with Crippen LogP contribution in [0, 0.1) is 0 Å². The molecule has 0 spiro atoms. The highest BCUT2D eigenvalue weighted by atomic mass is 19.4. The maximum atomic E-state index is 12.7. The molecular weight excluding hydrogens is 259 g/mol. The molecular formula is C11H9F5O2. The number of aliphatic hydroxyl groups excluding tert-OH is 1. The van der Waals surface area contributed by atoms with Crippen molar-refractivity contribution in [3.8, 4) is 0 Å². The number of alkyl halides is 5. The lowest BCUT2D eigenvalue weighted by Gasteiger charge is -2.24. The number of halogens is 5. The van der Waals surface area contributed by atoms with Gasteiger partial charge in [-0.1, -0.05) is 30.3 Å². The molecule has 0 radical (unpaired) electrons. The van der Waals surface area contributed by atoms with Crippen molar-refractivity contribution >= 4 is 5.78 Å². The maximum Gasteiger partial charge on any atom is 0.456 e. The summed E-state index contributed by atoms with van der Waals surface area (Å²) in [5.41, 5.74) is -0.0328. The van der Waals surface area contributed by atoms with Crippen molar-refractivity contribution in [3.63, 3.8) is 0 Å². The van der Waals surface area contributed by atoms with Crippen LogP contribution in [0.25, 0.3) is 0 Å². The van der Waals surface area contributed by atoms with Gasteiger partial charge < -0.3 is 5.11 Å². The van der Waals surface area contributed by atoms with Crippen molar-refractivity contribution in [1.82, 2.24) is 0 Å². The molecule has 1 aromatic carbocycles. The third kappa shape index (κ3) is 3.04. The van der Waals surface area contributed by atoms with Crippen LogP contribution in [0.1, 0.15) is 16.8 Å². The topological polar surface area (TPSA) is 37.3 Å². The van der Waals surface area contributed by atoms with E-state index >= 15 is 0 Å². The van der Waals surface area contributed by atoms with Gasteiger partial charge in [0.2, 0.25) is 0 Å².